The largest absolute Gasteiger partial charge is 0.449 e. The van der Waals surface area contributed by atoms with Crippen LogP contribution in [0.2, 0.25) is 0 Å². The van der Waals surface area contributed by atoms with E-state index < -0.39 is 48.2 Å². The van der Waals surface area contributed by atoms with E-state index >= 15 is 8.78 Å². The van der Waals surface area contributed by atoms with Crippen LogP contribution in [0.3, 0.4) is 0 Å². The van der Waals surface area contributed by atoms with Crippen molar-refractivity contribution < 1.29 is 70.9 Å². The van der Waals surface area contributed by atoms with Crippen molar-refractivity contribution >= 4 is 76.4 Å². The number of halogens is 2. The number of ketones is 2. The number of nitrogens with zero attached hydrogens (tertiary/aromatic N) is 6. The molecule has 8 aromatic carbocycles. The van der Waals surface area contributed by atoms with Gasteiger partial charge < -0.3 is 60.2 Å². The second kappa shape index (κ2) is 33.4. The van der Waals surface area contributed by atoms with Gasteiger partial charge in [-0.15, -0.1) is 0 Å². The number of amides is 7. The minimum absolute atomic E-state index is 0.0236. The standard InChI is InChI=1S/C42H42FN5O7.C40H40FN5O6/c1-27(49)44-24-31-25-48(42(53)55-31)30-14-15-38(37(43)22-30)46-18-20-47(21-19-46)40(51)17-16-39(50)29-12-10-28(11-13-29)23-45-41(52)54-26-36-34-8-4-2-6-32(34)33-7-3-5-9-35(33)36;41-35-21-28(46-24-29(22-42)52-40(46)50)13-14-36(35)44-17-19-45(20-18-44)38(48)16-15-37(47)27-11-9-26(10-12-27)23-43-39(49)51-25-34-32-7-3-1-5-30(32)31-6-2-4-8-33(31)34/h2-15,22,31,36H,16-21,23-26H2,1H3,(H,44,49)(H,45,52);1-14,21,29,34H,15-20,22-25,42H2,(H,43,49)/t31-;29-/m00/s1. The second-order valence-electron chi connectivity index (χ2n) is 27.0. The van der Waals surface area contributed by atoms with E-state index in [-0.39, 0.29) is 119 Å². The molecule has 4 heterocycles. The highest BCUT2D eigenvalue weighted by Gasteiger charge is 2.36. The van der Waals surface area contributed by atoms with Crippen molar-refractivity contribution in [3.8, 4) is 22.3 Å². The van der Waals surface area contributed by atoms with Gasteiger partial charge in [-0.05, 0) is 92.0 Å². The van der Waals surface area contributed by atoms with Gasteiger partial charge in [0.15, 0.2) is 11.6 Å². The molecule has 4 saturated heterocycles. The molecule has 8 aromatic rings. The summed E-state index contributed by atoms with van der Waals surface area (Å²) in [5.41, 5.74) is 18.9. The minimum Gasteiger partial charge on any atom is -0.449 e. The van der Waals surface area contributed by atoms with Gasteiger partial charge in [0, 0.05) is 128 Å². The van der Waals surface area contributed by atoms with Gasteiger partial charge in [-0.1, -0.05) is 146 Å². The Bertz CT molecular complexity index is 4570. The maximum atomic E-state index is 15.2. The first-order valence-corrected chi connectivity index (χ1v) is 35.9. The summed E-state index contributed by atoms with van der Waals surface area (Å²) < 4.78 is 52.0. The van der Waals surface area contributed by atoms with Crippen LogP contribution in [-0.4, -0.2) is 167 Å². The number of benzene rings is 8. The van der Waals surface area contributed by atoms with Gasteiger partial charge in [-0.2, -0.15) is 0 Å². The Kier molecular flexibility index (Phi) is 22.9. The summed E-state index contributed by atoms with van der Waals surface area (Å²) >= 11 is 0. The van der Waals surface area contributed by atoms with Crippen molar-refractivity contribution in [3.63, 3.8) is 0 Å². The Hall–Kier alpha value is -12.0. The number of carbonyl (C=O) groups is 9. The third-order valence-electron chi connectivity index (χ3n) is 20.3. The first-order valence-electron chi connectivity index (χ1n) is 35.9. The van der Waals surface area contributed by atoms with Crippen molar-refractivity contribution in [1.29, 1.82) is 0 Å². The number of piperazine rings is 2. The summed E-state index contributed by atoms with van der Waals surface area (Å²) in [6.07, 6.45) is -2.90. The lowest BCUT2D eigenvalue weighted by atomic mass is 9.98. The van der Waals surface area contributed by atoms with Crippen LogP contribution < -0.4 is 41.3 Å². The topological polar surface area (TPSA) is 272 Å². The van der Waals surface area contributed by atoms with E-state index in [2.05, 4.69) is 64.5 Å². The predicted octanol–water partition coefficient (Wildman–Crippen LogP) is 11.1. The molecule has 4 aliphatic heterocycles. The van der Waals surface area contributed by atoms with E-state index in [0.717, 1.165) is 55.6 Å². The van der Waals surface area contributed by atoms with Crippen LogP contribution in [0.4, 0.5) is 50.7 Å². The summed E-state index contributed by atoms with van der Waals surface area (Å²) in [7, 11) is 0. The van der Waals surface area contributed by atoms with Gasteiger partial charge in [0.2, 0.25) is 17.7 Å². The Labute approximate surface area is 617 Å². The van der Waals surface area contributed by atoms with Crippen LogP contribution in [0.25, 0.3) is 22.3 Å². The summed E-state index contributed by atoms with van der Waals surface area (Å²) in [5, 5.41) is 8.19. The molecule has 0 radical (unpaired) electrons. The zero-order chi connectivity index (χ0) is 74.7. The summed E-state index contributed by atoms with van der Waals surface area (Å²) in [4.78, 5) is 122. The van der Waals surface area contributed by atoms with E-state index in [1.165, 1.54) is 28.9 Å². The second-order valence-corrected chi connectivity index (χ2v) is 27.0. The number of nitrogens with two attached hydrogens (primary N) is 1. The van der Waals surface area contributed by atoms with Crippen molar-refractivity contribution in [2.75, 3.05) is 111 Å². The van der Waals surface area contributed by atoms with Crippen LogP contribution >= 0.6 is 0 Å². The molecule has 107 heavy (non-hydrogen) atoms. The van der Waals surface area contributed by atoms with E-state index in [1.54, 1.807) is 82.6 Å². The van der Waals surface area contributed by atoms with Crippen LogP contribution in [0.5, 0.6) is 0 Å². The van der Waals surface area contributed by atoms with Gasteiger partial charge in [-0.25, -0.2) is 28.0 Å². The number of carbonyl (C=O) groups excluding carboxylic acids is 9. The number of anilines is 4. The van der Waals surface area contributed by atoms with Gasteiger partial charge in [0.1, 0.15) is 37.1 Å². The third kappa shape index (κ3) is 17.2. The number of hydrogen-bond donors (Lipinski definition) is 4. The molecule has 0 saturated carbocycles. The number of fused-ring (bicyclic) bond motifs is 6. The number of ether oxygens (including phenoxy) is 4. The van der Waals surface area contributed by atoms with E-state index in [0.29, 0.717) is 86.2 Å². The lowest BCUT2D eigenvalue weighted by Crippen LogP contribution is -2.49. The fourth-order valence-electron chi connectivity index (χ4n) is 14.5. The number of Topliss-reactive ketones (excluding diaryl/α,β-unsaturated/α-hetero) is 2. The molecular weight excluding hydrogens is 1370 g/mol. The molecule has 5 N–H and O–H groups in total. The minimum atomic E-state index is -0.606. The molecule has 2 atom stereocenters. The maximum Gasteiger partial charge on any atom is 0.414 e. The van der Waals surface area contributed by atoms with E-state index in [9.17, 15) is 43.2 Å². The van der Waals surface area contributed by atoms with Crippen molar-refractivity contribution in [2.45, 2.75) is 69.7 Å². The molecule has 0 unspecified atom stereocenters. The molecule has 23 nitrogen and oxygen atoms in total. The maximum absolute atomic E-state index is 15.2. The molecule has 4 fully saturated rings. The monoisotopic (exact) mass is 1450 g/mol. The highest BCUT2D eigenvalue weighted by Crippen LogP contribution is 2.46. The number of cyclic esters (lactones) is 2. The zero-order valence-corrected chi connectivity index (χ0v) is 59.1. The summed E-state index contributed by atoms with van der Waals surface area (Å²) in [6, 6.07) is 55.7. The van der Waals surface area contributed by atoms with Crippen LogP contribution in [-0.2, 0) is 46.4 Å². The lowest BCUT2D eigenvalue weighted by Gasteiger charge is -2.36. The first kappa shape index (κ1) is 73.3. The van der Waals surface area contributed by atoms with E-state index in [4.69, 9.17) is 24.7 Å². The van der Waals surface area contributed by atoms with Gasteiger partial charge in [0.25, 0.3) is 0 Å². The normalized spacial score (nSPS) is 16.5. The number of nitrogens with one attached hydrogen (secondary N) is 3. The van der Waals surface area contributed by atoms with Gasteiger partial charge in [-0.3, -0.25) is 33.8 Å². The smallest absolute Gasteiger partial charge is 0.414 e. The van der Waals surface area contributed by atoms with Crippen molar-refractivity contribution in [1.82, 2.24) is 25.8 Å². The molecular formula is C82H82F2N10O13. The average Bonchev–Trinajstić information content (AvgIpc) is 1.63. The fraction of sp³-hybridized carbons (Fsp3) is 0.305. The Morgan fingerprint density at radius 1 is 0.458 bits per heavy atom. The van der Waals surface area contributed by atoms with Crippen molar-refractivity contribution in [3.05, 3.63) is 238 Å². The molecule has 0 bridgehead atoms. The van der Waals surface area contributed by atoms with Gasteiger partial charge >= 0.3 is 24.4 Å². The molecule has 14 rings (SSSR count). The van der Waals surface area contributed by atoms with Gasteiger partial charge in [0.05, 0.1) is 42.4 Å². The third-order valence-corrected chi connectivity index (χ3v) is 20.3. The predicted molar refractivity (Wildman–Crippen MR) is 397 cm³/mol. The average molecular weight is 1450 g/mol. The van der Waals surface area contributed by atoms with Crippen LogP contribution in [0, 0.1) is 11.6 Å². The Morgan fingerprint density at radius 2 is 0.822 bits per heavy atom. The number of alkyl carbamates (subject to hydrolysis) is 2. The van der Waals surface area contributed by atoms with E-state index in [1.807, 2.05) is 58.3 Å². The van der Waals surface area contributed by atoms with Crippen LogP contribution in [0.1, 0.15) is 98.5 Å². The zero-order valence-electron chi connectivity index (χ0n) is 59.1. The first-order chi connectivity index (χ1) is 51.9. The Balaban J connectivity index is 0.000000189. The highest BCUT2D eigenvalue weighted by atomic mass is 19.1. The quantitative estimate of drug-likeness (QED) is 0.0342. The van der Waals surface area contributed by atoms with Crippen LogP contribution in [0.15, 0.2) is 182 Å². The summed E-state index contributed by atoms with van der Waals surface area (Å²) in [6.45, 7) is 6.37. The molecule has 2 aliphatic carbocycles. The summed E-state index contributed by atoms with van der Waals surface area (Å²) in [5.74, 6) is -1.83. The molecule has 0 spiro atoms. The number of hydrogen-bond acceptors (Lipinski definition) is 16. The molecule has 25 heteroatoms. The Morgan fingerprint density at radius 3 is 1.18 bits per heavy atom. The number of rotatable bonds is 23. The molecule has 7 amide bonds. The molecule has 552 valence electrons. The molecule has 6 aliphatic rings. The fourth-order valence-corrected chi connectivity index (χ4v) is 14.5. The highest BCUT2D eigenvalue weighted by molar-refractivity contribution is 5.99. The SMILES string of the molecule is CC(=O)NC[C@H]1CN(c2ccc(N3CCN(C(=O)CCC(=O)c4ccc(CNC(=O)OCC5c6ccccc6-c6ccccc65)cc4)CC3)c(F)c2)C(=O)O1.NC[C@H]1CN(c2ccc(N3CCN(C(=O)CCC(=O)c4ccc(CNC(=O)OCC5c6ccccc6-c6ccccc65)cc4)CC3)c(F)c2)C(=O)O1. The lowest BCUT2D eigenvalue weighted by molar-refractivity contribution is -0.132. The molecule has 0 aromatic heterocycles. The van der Waals surface area contributed by atoms with Crippen molar-refractivity contribution in [2.24, 2.45) is 5.73 Å².